The summed E-state index contributed by atoms with van der Waals surface area (Å²) in [7, 11) is 5.68. The van der Waals surface area contributed by atoms with Crippen molar-refractivity contribution >= 4 is 113 Å². The Hall–Kier alpha value is -0.240. The smallest absolute Gasteiger partial charge is 0.323 e. The maximum absolute atomic E-state index is 12.4. The Labute approximate surface area is 259 Å². The Bertz CT molecular complexity index is 1050. The van der Waals surface area contributed by atoms with Crippen LogP contribution in [0, 0.1) is 5.77 Å². The van der Waals surface area contributed by atoms with E-state index in [1.807, 2.05) is 24.3 Å². The van der Waals surface area contributed by atoms with E-state index in [9.17, 15) is 19.2 Å². The molecule has 0 bridgehead atoms. The quantitative estimate of drug-likeness (QED) is 0.0710. The average molecular weight is 811 g/mol. The van der Waals surface area contributed by atoms with Gasteiger partial charge in [0.2, 0.25) is 0 Å². The summed E-state index contributed by atoms with van der Waals surface area (Å²) in [5, 5.41) is 6.40. The summed E-state index contributed by atoms with van der Waals surface area (Å²) in [6.45, 7) is 0.812. The van der Waals surface area contributed by atoms with Crippen molar-refractivity contribution in [1.29, 1.82) is 0 Å². The summed E-state index contributed by atoms with van der Waals surface area (Å²) in [6.07, 6.45) is 0.803. The third-order valence-electron chi connectivity index (χ3n) is 4.94. The molecule has 0 aliphatic heterocycles. The van der Waals surface area contributed by atoms with Gasteiger partial charge in [-0.3, -0.25) is 19.2 Å². The molecule has 0 amide bonds. The van der Waals surface area contributed by atoms with Crippen LogP contribution in [0.2, 0.25) is 0 Å². The van der Waals surface area contributed by atoms with Crippen LogP contribution in [0.1, 0.15) is 38.6 Å². The number of esters is 2. The number of thiophene rings is 2. The third-order valence-corrected chi connectivity index (χ3v) is 11.3. The molecule has 2 heterocycles. The molecule has 0 fully saturated rings. The molecule has 0 aliphatic carbocycles. The van der Waals surface area contributed by atoms with Crippen molar-refractivity contribution in [1.82, 2.24) is 10.6 Å². The van der Waals surface area contributed by atoms with E-state index in [-0.39, 0.29) is 36.4 Å². The summed E-state index contributed by atoms with van der Waals surface area (Å²) in [5.74, 6) is 0.393. The molecule has 8 nitrogen and oxygen atoms in total. The number of ether oxygens (including phenoxy) is 2. The number of methoxy groups -OCH3 is 2. The highest BCUT2D eigenvalue weighted by molar-refractivity contribution is 14.1. The van der Waals surface area contributed by atoms with Crippen LogP contribution in [0.25, 0.3) is 0 Å². The van der Waals surface area contributed by atoms with E-state index >= 15 is 0 Å². The molecule has 2 aromatic heterocycles. The topological polar surface area (TPSA) is 111 Å². The van der Waals surface area contributed by atoms with Gasteiger partial charge in [-0.15, -0.1) is 22.7 Å². The van der Waals surface area contributed by atoms with Gasteiger partial charge in [-0.2, -0.15) is 0 Å². The largest absolute Gasteiger partial charge is 0.469 e. The van der Waals surface area contributed by atoms with Crippen molar-refractivity contribution in [2.75, 3.05) is 38.8 Å². The zero-order valence-electron chi connectivity index (χ0n) is 20.3. The molecule has 2 rings (SSSR count). The highest BCUT2D eigenvalue weighted by Gasteiger charge is 2.21. The normalized spacial score (nSPS) is 12.6. The van der Waals surface area contributed by atoms with Crippen LogP contribution < -0.4 is 10.6 Å². The summed E-state index contributed by atoms with van der Waals surface area (Å²) < 4.78 is 11.8. The lowest BCUT2D eigenvalue weighted by atomic mass is 10.2. The van der Waals surface area contributed by atoms with Gasteiger partial charge in [0.25, 0.3) is 0 Å². The van der Waals surface area contributed by atoms with Crippen LogP contribution in [0.15, 0.2) is 24.3 Å². The van der Waals surface area contributed by atoms with Gasteiger partial charge >= 0.3 is 11.9 Å². The van der Waals surface area contributed by atoms with E-state index in [0.29, 0.717) is 35.9 Å². The first-order valence-electron chi connectivity index (χ1n) is 11.2. The molecule has 2 atom stereocenters. The van der Waals surface area contributed by atoms with Gasteiger partial charge in [-0.25, -0.2) is 0 Å². The number of carbonyl (C=O) groups excluding carboxylic acids is 4. The fourth-order valence-corrected chi connectivity index (χ4v) is 8.64. The Morgan fingerprint density at radius 2 is 1.38 bits per heavy atom. The third kappa shape index (κ3) is 12.7. The molecule has 2 aromatic rings. The minimum atomic E-state index is -0.558. The van der Waals surface area contributed by atoms with Gasteiger partial charge in [0.15, 0.2) is 11.6 Å². The van der Waals surface area contributed by atoms with E-state index in [0.717, 1.165) is 10.6 Å². The van der Waals surface area contributed by atoms with Crippen LogP contribution >= 0.6 is 89.4 Å². The summed E-state index contributed by atoms with van der Waals surface area (Å²) in [4.78, 5) is 50.2. The number of carbonyl (C=O) groups is 4. The van der Waals surface area contributed by atoms with Crippen molar-refractivity contribution in [3.8, 4) is 0 Å². The maximum atomic E-state index is 12.4. The Morgan fingerprint density at radius 1 is 0.838 bits per heavy atom. The van der Waals surface area contributed by atoms with Crippen molar-refractivity contribution < 1.29 is 28.7 Å². The summed E-state index contributed by atoms with van der Waals surface area (Å²) in [5.41, 5.74) is 0. The second-order valence-corrected chi connectivity index (χ2v) is 16.1. The fraction of sp³-hybridized carbons (Fsp3) is 0.478. The van der Waals surface area contributed by atoms with E-state index < -0.39 is 12.0 Å². The lowest BCUT2D eigenvalue weighted by Gasteiger charge is -2.18. The summed E-state index contributed by atoms with van der Waals surface area (Å²) in [6, 6.07) is 6.72. The molecule has 0 spiro atoms. The Kier molecular flexibility index (Phi) is 16.2. The Morgan fingerprint density at radius 3 is 1.86 bits per heavy atom. The van der Waals surface area contributed by atoms with Crippen LogP contribution in [0.3, 0.4) is 0 Å². The molecule has 2 unspecified atom stereocenters. The number of Topliss-reactive ketones (excluding diaryl/α,β-unsaturated/α-hetero) is 2. The summed E-state index contributed by atoms with van der Waals surface area (Å²) >= 11 is 7.28. The highest BCUT2D eigenvalue weighted by atomic mass is 127. The van der Waals surface area contributed by atoms with Crippen molar-refractivity contribution in [2.45, 2.75) is 31.3 Å². The first kappa shape index (κ1) is 33.0. The van der Waals surface area contributed by atoms with Gasteiger partial charge < -0.3 is 20.1 Å². The van der Waals surface area contributed by atoms with Crippen molar-refractivity contribution in [2.24, 2.45) is 0 Å². The van der Waals surface area contributed by atoms with Crippen molar-refractivity contribution in [3.63, 3.8) is 0 Å². The minimum Gasteiger partial charge on any atom is -0.469 e. The molecule has 37 heavy (non-hydrogen) atoms. The molecule has 2 N–H and O–H groups in total. The first-order valence-corrected chi connectivity index (χ1v) is 17.4. The second kappa shape index (κ2) is 18.2. The molecule has 0 saturated carbocycles. The van der Waals surface area contributed by atoms with Crippen LogP contribution in [-0.4, -0.2) is 74.4 Å². The van der Waals surface area contributed by atoms with Crippen LogP contribution in [0.4, 0.5) is 0 Å². The molecule has 0 radical (unpaired) electrons. The monoisotopic (exact) mass is 810 g/mol. The van der Waals surface area contributed by atoms with Gasteiger partial charge in [0.1, 0.15) is 6.04 Å². The number of halogens is 2. The maximum Gasteiger partial charge on any atom is 0.323 e. The molecule has 204 valence electrons. The SMILES string of the molecule is COC(=O)CC(CSSCC(NCCC(=O)c1ccc(I)s1)C(=O)OC)NCCC(=O)c1ccc(I)s1. The highest BCUT2D eigenvalue weighted by Crippen LogP contribution is 2.25. The predicted octanol–water partition coefficient (Wildman–Crippen LogP) is 4.90. The van der Waals surface area contributed by atoms with E-state index in [4.69, 9.17) is 9.47 Å². The number of nitrogens with one attached hydrogen (secondary N) is 2. The molecule has 0 saturated heterocycles. The van der Waals surface area contributed by atoms with Gasteiger partial charge in [-0.1, -0.05) is 21.6 Å². The molecule has 0 aromatic carbocycles. The fourth-order valence-electron chi connectivity index (χ4n) is 3.00. The number of ketones is 2. The van der Waals surface area contributed by atoms with Crippen LogP contribution in [0.5, 0.6) is 0 Å². The number of rotatable bonds is 18. The van der Waals surface area contributed by atoms with E-state index in [2.05, 4.69) is 55.8 Å². The minimum absolute atomic E-state index is 0.0371. The van der Waals surface area contributed by atoms with Gasteiger partial charge in [0.05, 0.1) is 36.2 Å². The van der Waals surface area contributed by atoms with Gasteiger partial charge in [0, 0.05) is 43.5 Å². The lowest BCUT2D eigenvalue weighted by Crippen LogP contribution is -2.40. The number of hydrogen-bond acceptors (Lipinski definition) is 12. The Balaban J connectivity index is 1.76. The van der Waals surface area contributed by atoms with Crippen molar-refractivity contribution in [3.05, 3.63) is 39.8 Å². The van der Waals surface area contributed by atoms with E-state index in [1.165, 1.54) is 58.5 Å². The molecular weight excluding hydrogens is 782 g/mol. The van der Waals surface area contributed by atoms with Gasteiger partial charge in [-0.05, 0) is 69.4 Å². The second-order valence-electron chi connectivity index (χ2n) is 7.58. The zero-order valence-corrected chi connectivity index (χ0v) is 27.8. The van der Waals surface area contributed by atoms with Crippen LogP contribution in [-0.2, 0) is 19.1 Å². The predicted molar refractivity (Wildman–Crippen MR) is 169 cm³/mol. The number of hydrogen-bond donors (Lipinski definition) is 2. The van der Waals surface area contributed by atoms with E-state index in [1.54, 1.807) is 0 Å². The molecule has 14 heteroatoms. The molecular formula is C23H28I2N2O6S4. The average Bonchev–Trinajstić information content (AvgIpc) is 3.52. The standard InChI is InChI=1S/C23H28I2N2O6S4/c1-32-22(30)11-14(26-9-7-16(28)18-3-5-20(24)36-18)12-34-35-13-15(23(31)33-2)27-10-8-17(29)19-4-6-21(25)37-19/h3-6,14-15,26-27H,7-13H2,1-2H3. The zero-order chi connectivity index (χ0) is 27.2. The lowest BCUT2D eigenvalue weighted by molar-refractivity contribution is -0.142. The molecule has 0 aliphatic rings. The first-order chi connectivity index (χ1) is 17.7.